The molecule has 3 aromatic heterocycles. The summed E-state index contributed by atoms with van der Waals surface area (Å²) in [5.41, 5.74) is 1.98. The number of alkyl halides is 3. The summed E-state index contributed by atoms with van der Waals surface area (Å²) in [5, 5.41) is 3.40. The topological polar surface area (TPSA) is 81.0 Å². The van der Waals surface area contributed by atoms with E-state index < -0.39 is 12.0 Å². The highest BCUT2D eigenvalue weighted by atomic mass is 19.4. The molecule has 0 saturated heterocycles. The minimum Gasteiger partial charge on any atom is -0.490 e. The highest BCUT2D eigenvalue weighted by Gasteiger charge is 2.35. The number of likely N-dealkylation sites (N-methyl/N-ethyl adjacent to an activating group) is 1. The van der Waals surface area contributed by atoms with Gasteiger partial charge in [-0.15, -0.1) is 0 Å². The second-order valence-corrected chi connectivity index (χ2v) is 8.26. The highest BCUT2D eigenvalue weighted by molar-refractivity contribution is 5.89. The van der Waals surface area contributed by atoms with Crippen LogP contribution in [0, 0.1) is 5.92 Å². The van der Waals surface area contributed by atoms with Crippen molar-refractivity contribution in [3.05, 3.63) is 30.5 Å². The average Bonchev–Trinajstić information content (AvgIpc) is 3.10. The Labute approximate surface area is 176 Å². The van der Waals surface area contributed by atoms with Crippen LogP contribution in [0.15, 0.2) is 24.7 Å². The molecule has 1 aliphatic carbocycles. The van der Waals surface area contributed by atoms with Crippen molar-refractivity contribution in [1.82, 2.24) is 24.5 Å². The molecule has 0 spiro atoms. The lowest BCUT2D eigenvalue weighted by Gasteiger charge is -2.36. The summed E-state index contributed by atoms with van der Waals surface area (Å²) in [6.07, 6.45) is 1.35. The van der Waals surface area contributed by atoms with E-state index in [9.17, 15) is 13.2 Å². The molecule has 31 heavy (non-hydrogen) atoms. The maximum atomic E-state index is 12.5. The van der Waals surface area contributed by atoms with Gasteiger partial charge in [-0.1, -0.05) is 0 Å². The Morgan fingerprint density at radius 3 is 2.65 bits per heavy atom. The molecule has 5 rings (SSSR count). The van der Waals surface area contributed by atoms with Gasteiger partial charge in [-0.05, 0) is 31.7 Å². The lowest BCUT2D eigenvalue weighted by molar-refractivity contribution is -0.145. The van der Waals surface area contributed by atoms with Crippen molar-refractivity contribution < 1.29 is 17.9 Å². The highest BCUT2D eigenvalue weighted by Crippen LogP contribution is 2.34. The third-order valence-corrected chi connectivity index (χ3v) is 5.98. The Kier molecular flexibility index (Phi) is 4.63. The molecule has 0 aromatic carbocycles. The number of nitrogens with zero attached hydrogens (tertiary/aromatic N) is 6. The third kappa shape index (κ3) is 3.72. The van der Waals surface area contributed by atoms with Gasteiger partial charge in [-0.2, -0.15) is 18.2 Å². The summed E-state index contributed by atoms with van der Waals surface area (Å²) < 4.78 is 45.3. The van der Waals surface area contributed by atoms with Crippen molar-refractivity contribution in [2.45, 2.75) is 44.6 Å². The quantitative estimate of drug-likeness (QED) is 0.661. The molecule has 0 radical (unpaired) electrons. The third-order valence-electron chi connectivity index (χ3n) is 5.98. The van der Waals surface area contributed by atoms with E-state index in [0.29, 0.717) is 24.5 Å². The monoisotopic (exact) mass is 433 g/mol. The molecule has 1 aliphatic heterocycles. The van der Waals surface area contributed by atoms with Gasteiger partial charge >= 0.3 is 6.18 Å². The molecule has 0 amide bonds. The first kappa shape index (κ1) is 19.8. The van der Waals surface area contributed by atoms with Crippen LogP contribution in [0.1, 0.15) is 25.6 Å². The Balaban J connectivity index is 1.17. The van der Waals surface area contributed by atoms with Gasteiger partial charge in [-0.25, -0.2) is 15.0 Å². The van der Waals surface area contributed by atoms with Crippen molar-refractivity contribution in [3.63, 3.8) is 0 Å². The van der Waals surface area contributed by atoms with Crippen molar-refractivity contribution in [2.24, 2.45) is 5.92 Å². The van der Waals surface area contributed by atoms with Gasteiger partial charge < -0.3 is 19.5 Å². The molecule has 1 fully saturated rings. The van der Waals surface area contributed by atoms with Crippen LogP contribution in [0.25, 0.3) is 11.0 Å². The first-order chi connectivity index (χ1) is 14.8. The van der Waals surface area contributed by atoms with Gasteiger partial charge in [0.15, 0.2) is 11.6 Å². The second kappa shape index (κ2) is 7.24. The zero-order valence-electron chi connectivity index (χ0n) is 17.1. The van der Waals surface area contributed by atoms with E-state index >= 15 is 0 Å². The molecule has 11 heteroatoms. The van der Waals surface area contributed by atoms with E-state index in [1.54, 1.807) is 0 Å². The predicted octanol–water partition coefficient (Wildman–Crippen LogP) is 3.35. The maximum absolute atomic E-state index is 12.5. The second-order valence-electron chi connectivity index (χ2n) is 8.26. The average molecular weight is 433 g/mol. The van der Waals surface area contributed by atoms with E-state index in [2.05, 4.69) is 42.9 Å². The van der Waals surface area contributed by atoms with Gasteiger partial charge in [0.1, 0.15) is 5.52 Å². The van der Waals surface area contributed by atoms with Gasteiger partial charge in [0, 0.05) is 31.9 Å². The zero-order valence-corrected chi connectivity index (χ0v) is 17.1. The Bertz CT molecular complexity index is 1090. The maximum Gasteiger partial charge on any atom is 0.451 e. The summed E-state index contributed by atoms with van der Waals surface area (Å²) in [7, 11) is 2.05. The van der Waals surface area contributed by atoms with E-state index in [4.69, 9.17) is 9.72 Å². The molecule has 164 valence electrons. The molecule has 2 aliphatic rings. The standard InChI is InChI=1S/C20H22F3N7O/c1-11-9-30-4-3-15-16(30)17(29(11)2)28-19(27-15)26-13-5-12(6-13)10-31-14-7-24-18(25-8-14)20(21,22)23/h3-4,7-8,11-13H,5-6,9-10H2,1-2H3,(H,26,27,28)/t11-,12-,13+/m0/s1. The largest absolute Gasteiger partial charge is 0.490 e. The van der Waals surface area contributed by atoms with E-state index in [1.165, 1.54) is 0 Å². The van der Waals surface area contributed by atoms with Crippen molar-refractivity contribution in [3.8, 4) is 5.75 Å². The van der Waals surface area contributed by atoms with Crippen molar-refractivity contribution >= 4 is 22.8 Å². The number of halogens is 3. The number of hydrogen-bond donors (Lipinski definition) is 1. The fourth-order valence-corrected chi connectivity index (χ4v) is 4.09. The van der Waals surface area contributed by atoms with E-state index in [0.717, 1.165) is 48.6 Å². The van der Waals surface area contributed by atoms with Crippen LogP contribution >= 0.6 is 0 Å². The molecule has 4 heterocycles. The SMILES string of the molecule is C[C@H]1Cn2ccc3nc(N[C@H]4C[C@@H](COc5cnc(C(F)(F)F)nc5)C4)nc(c32)N1C. The smallest absolute Gasteiger partial charge is 0.451 e. The van der Waals surface area contributed by atoms with Crippen LogP contribution in [0.4, 0.5) is 24.9 Å². The fraction of sp³-hybridized carbons (Fsp3) is 0.500. The molecular formula is C20H22F3N7O. The van der Waals surface area contributed by atoms with Crippen molar-refractivity contribution in [2.75, 3.05) is 23.9 Å². The van der Waals surface area contributed by atoms with Crippen LogP contribution in [0.3, 0.4) is 0 Å². The lowest BCUT2D eigenvalue weighted by Crippen LogP contribution is -2.39. The number of hydrogen-bond acceptors (Lipinski definition) is 7. The number of rotatable bonds is 5. The lowest BCUT2D eigenvalue weighted by atomic mass is 9.81. The molecule has 1 atom stereocenters. The van der Waals surface area contributed by atoms with E-state index in [1.807, 2.05) is 13.1 Å². The molecule has 0 unspecified atom stereocenters. The first-order valence-electron chi connectivity index (χ1n) is 10.2. The van der Waals surface area contributed by atoms with Crippen LogP contribution < -0.4 is 15.0 Å². The Morgan fingerprint density at radius 2 is 1.94 bits per heavy atom. The number of anilines is 2. The van der Waals surface area contributed by atoms with E-state index in [-0.39, 0.29) is 11.8 Å². The summed E-state index contributed by atoms with van der Waals surface area (Å²) >= 11 is 0. The molecule has 3 aromatic rings. The molecule has 0 bridgehead atoms. The van der Waals surface area contributed by atoms with Crippen LogP contribution in [-0.2, 0) is 12.7 Å². The molecule has 1 N–H and O–H groups in total. The summed E-state index contributed by atoms with van der Waals surface area (Å²) in [6.45, 7) is 3.49. The van der Waals surface area contributed by atoms with Crippen LogP contribution in [0.5, 0.6) is 5.75 Å². The van der Waals surface area contributed by atoms with Crippen LogP contribution in [0.2, 0.25) is 0 Å². The predicted molar refractivity (Wildman–Crippen MR) is 108 cm³/mol. The Morgan fingerprint density at radius 1 is 1.19 bits per heavy atom. The minimum atomic E-state index is -4.55. The van der Waals surface area contributed by atoms with Gasteiger partial charge in [0.2, 0.25) is 11.8 Å². The fourth-order valence-electron chi connectivity index (χ4n) is 4.09. The number of ether oxygens (including phenoxy) is 1. The summed E-state index contributed by atoms with van der Waals surface area (Å²) in [5.74, 6) is 0.906. The summed E-state index contributed by atoms with van der Waals surface area (Å²) in [6, 6.07) is 2.60. The molecular weight excluding hydrogens is 411 g/mol. The van der Waals surface area contributed by atoms with Crippen LogP contribution in [-0.4, -0.2) is 50.2 Å². The van der Waals surface area contributed by atoms with Crippen molar-refractivity contribution in [1.29, 1.82) is 0 Å². The number of aromatic nitrogens is 5. The van der Waals surface area contributed by atoms with Gasteiger partial charge in [-0.3, -0.25) is 0 Å². The zero-order chi connectivity index (χ0) is 21.8. The van der Waals surface area contributed by atoms with Gasteiger partial charge in [0.05, 0.1) is 24.5 Å². The minimum absolute atomic E-state index is 0.232. The Hall–Kier alpha value is -3.11. The molecule has 8 nitrogen and oxygen atoms in total. The normalized spacial score (nSPS) is 23.0. The molecule has 1 saturated carbocycles. The number of nitrogens with one attached hydrogen (secondary N) is 1. The first-order valence-corrected chi connectivity index (χ1v) is 10.2. The van der Waals surface area contributed by atoms with Gasteiger partial charge in [0.25, 0.3) is 0 Å². The summed E-state index contributed by atoms with van der Waals surface area (Å²) in [4.78, 5) is 18.2.